The number of hydrogen-bond donors (Lipinski definition) is 0. The van der Waals surface area contributed by atoms with Gasteiger partial charge < -0.3 is 0 Å². The molecule has 0 aliphatic carbocycles. The van der Waals surface area contributed by atoms with E-state index >= 15 is 0 Å². The molecule has 0 N–H and O–H groups in total. The van der Waals surface area contributed by atoms with Gasteiger partial charge in [-0.25, -0.2) is 4.39 Å². The predicted octanol–water partition coefficient (Wildman–Crippen LogP) is 3.83. The Morgan fingerprint density at radius 3 is 2.25 bits per heavy atom. The molecule has 88 valence electrons. The molecular formula is C9H4Cl2F4O. The van der Waals surface area contributed by atoms with Crippen LogP contribution in [0.1, 0.15) is 15.9 Å². The highest BCUT2D eigenvalue weighted by atomic mass is 35.5. The first-order valence-electron chi connectivity index (χ1n) is 3.93. The van der Waals surface area contributed by atoms with Crippen LogP contribution >= 0.6 is 23.2 Å². The maximum atomic E-state index is 13.0. The van der Waals surface area contributed by atoms with Gasteiger partial charge in [-0.3, -0.25) is 4.79 Å². The molecule has 0 unspecified atom stereocenters. The Hall–Kier alpha value is -0.810. The second kappa shape index (κ2) is 4.59. The van der Waals surface area contributed by atoms with Crippen LogP contribution in [0.4, 0.5) is 17.6 Å². The van der Waals surface area contributed by atoms with Crippen molar-refractivity contribution in [1.29, 1.82) is 0 Å². The zero-order valence-electron chi connectivity index (χ0n) is 7.49. The molecule has 0 saturated heterocycles. The van der Waals surface area contributed by atoms with Crippen molar-refractivity contribution in [1.82, 2.24) is 0 Å². The van der Waals surface area contributed by atoms with Crippen molar-refractivity contribution in [2.75, 3.05) is 0 Å². The summed E-state index contributed by atoms with van der Waals surface area (Å²) in [4.78, 5) is 9.57. The average molecular weight is 275 g/mol. The lowest BCUT2D eigenvalue weighted by atomic mass is 10.0. The molecule has 1 aromatic rings. The molecule has 0 aliphatic heterocycles. The molecule has 0 heterocycles. The third-order valence-corrected chi connectivity index (χ3v) is 2.16. The van der Waals surface area contributed by atoms with Crippen molar-refractivity contribution >= 4 is 29.0 Å². The Morgan fingerprint density at radius 1 is 1.25 bits per heavy atom. The maximum absolute atomic E-state index is 13.0. The van der Waals surface area contributed by atoms with Crippen molar-refractivity contribution in [2.24, 2.45) is 0 Å². The van der Waals surface area contributed by atoms with Gasteiger partial charge in [0, 0.05) is 5.56 Å². The molecule has 1 nitrogen and oxygen atoms in total. The number of carbonyl (C=O) groups is 1. The van der Waals surface area contributed by atoms with Crippen molar-refractivity contribution in [3.05, 3.63) is 35.1 Å². The molecule has 0 spiro atoms. The van der Waals surface area contributed by atoms with E-state index in [1.807, 2.05) is 0 Å². The van der Waals surface area contributed by atoms with Crippen LogP contribution < -0.4 is 0 Å². The van der Waals surface area contributed by atoms with Gasteiger partial charge in [0.1, 0.15) is 11.4 Å². The van der Waals surface area contributed by atoms with Gasteiger partial charge in [-0.1, -0.05) is 35.3 Å². The quantitative estimate of drug-likeness (QED) is 0.455. The van der Waals surface area contributed by atoms with Crippen LogP contribution in [-0.4, -0.2) is 10.6 Å². The first-order valence-corrected chi connectivity index (χ1v) is 4.80. The number of halogens is 6. The minimum absolute atomic E-state index is 0.608. The van der Waals surface area contributed by atoms with Gasteiger partial charge in [0.05, 0.1) is 0 Å². The summed E-state index contributed by atoms with van der Waals surface area (Å²) in [6.45, 7) is 0. The third-order valence-electron chi connectivity index (χ3n) is 1.76. The summed E-state index contributed by atoms with van der Waals surface area (Å²) in [5.74, 6) is -2.72. The van der Waals surface area contributed by atoms with Crippen LogP contribution in [0.2, 0.25) is 0 Å². The topological polar surface area (TPSA) is 17.1 Å². The Morgan fingerprint density at radius 2 is 1.81 bits per heavy atom. The highest BCUT2D eigenvalue weighted by molar-refractivity contribution is 6.55. The predicted molar refractivity (Wildman–Crippen MR) is 51.2 cm³/mol. The third kappa shape index (κ3) is 2.65. The number of carbonyl (C=O) groups excluding carboxylic acids is 1. The van der Waals surface area contributed by atoms with E-state index in [0.717, 1.165) is 12.1 Å². The largest absolute Gasteiger partial charge is 0.419 e. The molecule has 0 saturated carbocycles. The van der Waals surface area contributed by atoms with Crippen LogP contribution in [0.5, 0.6) is 0 Å². The van der Waals surface area contributed by atoms with E-state index in [-0.39, 0.29) is 0 Å². The number of benzene rings is 1. The monoisotopic (exact) mass is 274 g/mol. The molecule has 0 bridgehead atoms. The van der Waals surface area contributed by atoms with Gasteiger partial charge in [0.25, 0.3) is 0 Å². The van der Waals surface area contributed by atoms with Crippen LogP contribution in [0.25, 0.3) is 0 Å². The SMILES string of the molecule is O=C(c1cccc(F)c1C(F)(F)F)C(Cl)Cl. The Bertz CT molecular complexity index is 414. The number of Topliss-reactive ketones (excluding diaryl/α,β-unsaturated/α-hetero) is 1. The molecule has 0 radical (unpaired) electrons. The molecule has 0 atom stereocenters. The van der Waals surface area contributed by atoms with E-state index < -0.39 is 33.7 Å². The first kappa shape index (κ1) is 13.3. The number of rotatable bonds is 2. The molecule has 1 aromatic carbocycles. The number of hydrogen-bond acceptors (Lipinski definition) is 1. The summed E-state index contributed by atoms with van der Waals surface area (Å²) in [7, 11) is 0. The van der Waals surface area contributed by atoms with E-state index in [2.05, 4.69) is 0 Å². The van der Waals surface area contributed by atoms with Gasteiger partial charge >= 0.3 is 6.18 Å². The van der Waals surface area contributed by atoms with E-state index in [4.69, 9.17) is 23.2 Å². The molecule has 0 aromatic heterocycles. The van der Waals surface area contributed by atoms with E-state index in [9.17, 15) is 22.4 Å². The highest BCUT2D eigenvalue weighted by Gasteiger charge is 2.39. The van der Waals surface area contributed by atoms with Gasteiger partial charge in [-0.05, 0) is 6.07 Å². The van der Waals surface area contributed by atoms with Crippen molar-refractivity contribution < 1.29 is 22.4 Å². The van der Waals surface area contributed by atoms with Crippen LogP contribution in [0.3, 0.4) is 0 Å². The lowest BCUT2D eigenvalue weighted by Crippen LogP contribution is -2.18. The molecule has 1 rings (SSSR count). The standard InChI is InChI=1S/C9H4Cl2F4O/c10-8(11)7(16)4-2-1-3-5(12)6(4)9(13,14)15/h1-3,8H. The minimum atomic E-state index is -4.97. The van der Waals surface area contributed by atoms with Crippen molar-refractivity contribution in [3.8, 4) is 0 Å². The molecule has 16 heavy (non-hydrogen) atoms. The van der Waals surface area contributed by atoms with E-state index in [1.165, 1.54) is 0 Å². The minimum Gasteiger partial charge on any atom is -0.291 e. The van der Waals surface area contributed by atoms with Gasteiger partial charge in [-0.15, -0.1) is 0 Å². The van der Waals surface area contributed by atoms with E-state index in [1.54, 1.807) is 0 Å². The smallest absolute Gasteiger partial charge is 0.291 e. The lowest BCUT2D eigenvalue weighted by Gasteiger charge is -2.12. The van der Waals surface area contributed by atoms with Crippen molar-refractivity contribution in [2.45, 2.75) is 11.0 Å². The fourth-order valence-electron chi connectivity index (χ4n) is 1.14. The summed E-state index contributed by atoms with van der Waals surface area (Å²) in [5.41, 5.74) is -2.52. The Labute approximate surface area is 98.0 Å². The molecule has 0 amide bonds. The first-order chi connectivity index (χ1) is 7.25. The zero-order chi connectivity index (χ0) is 12.5. The summed E-state index contributed by atoms with van der Waals surface area (Å²) in [5, 5.41) is 0. The van der Waals surface area contributed by atoms with Crippen LogP contribution in [0.15, 0.2) is 18.2 Å². The fourth-order valence-corrected chi connectivity index (χ4v) is 1.37. The van der Waals surface area contributed by atoms with Gasteiger partial charge in [-0.2, -0.15) is 13.2 Å². The molecule has 7 heteroatoms. The fraction of sp³-hybridized carbons (Fsp3) is 0.222. The van der Waals surface area contributed by atoms with Crippen LogP contribution in [-0.2, 0) is 6.18 Å². The van der Waals surface area contributed by atoms with Crippen LogP contribution in [0, 0.1) is 5.82 Å². The Kier molecular flexibility index (Phi) is 3.80. The Balaban J connectivity index is 3.41. The summed E-state index contributed by atoms with van der Waals surface area (Å²) < 4.78 is 50.4. The average Bonchev–Trinajstić information content (AvgIpc) is 2.14. The molecule has 0 fully saturated rings. The van der Waals surface area contributed by atoms with Crippen molar-refractivity contribution in [3.63, 3.8) is 0 Å². The normalized spacial score (nSPS) is 11.9. The number of alkyl halides is 5. The number of ketones is 1. The second-order valence-corrected chi connectivity index (χ2v) is 3.92. The summed E-state index contributed by atoms with van der Waals surface area (Å²) >= 11 is 10.3. The second-order valence-electron chi connectivity index (χ2n) is 2.83. The zero-order valence-corrected chi connectivity index (χ0v) is 9.00. The lowest BCUT2D eigenvalue weighted by molar-refractivity contribution is -0.140. The van der Waals surface area contributed by atoms with Gasteiger partial charge in [0.15, 0.2) is 10.6 Å². The highest BCUT2D eigenvalue weighted by Crippen LogP contribution is 2.35. The molecular weight excluding hydrogens is 271 g/mol. The maximum Gasteiger partial charge on any atom is 0.419 e. The molecule has 0 aliphatic rings. The summed E-state index contributed by atoms with van der Waals surface area (Å²) in [6.07, 6.45) is -4.97. The van der Waals surface area contributed by atoms with Gasteiger partial charge in [0.2, 0.25) is 0 Å². The van der Waals surface area contributed by atoms with E-state index in [0.29, 0.717) is 6.07 Å². The summed E-state index contributed by atoms with van der Waals surface area (Å²) in [6, 6.07) is 2.41.